The summed E-state index contributed by atoms with van der Waals surface area (Å²) in [5.41, 5.74) is -0.651. The summed E-state index contributed by atoms with van der Waals surface area (Å²) in [6, 6.07) is 0. The van der Waals surface area contributed by atoms with E-state index in [4.69, 9.17) is 0 Å². The predicted molar refractivity (Wildman–Crippen MR) is 57.9 cm³/mol. The fraction of sp³-hybridized carbons (Fsp3) is 0.636. The Hall–Kier alpha value is -1.32. The van der Waals surface area contributed by atoms with Crippen molar-refractivity contribution in [2.24, 2.45) is 5.92 Å². The Balaban J connectivity index is 2.82. The monoisotopic (exact) mass is 210 g/mol. The van der Waals surface area contributed by atoms with Crippen LogP contribution in [0.2, 0.25) is 0 Å². The van der Waals surface area contributed by atoms with Gasteiger partial charge in [0.05, 0.1) is 5.82 Å². The highest BCUT2D eigenvalue weighted by Gasteiger charge is 2.43. The van der Waals surface area contributed by atoms with Gasteiger partial charge in [-0.05, 0) is 19.8 Å². The molecular formula is C11H18N2O2. The first-order chi connectivity index (χ1) is 6.91. The van der Waals surface area contributed by atoms with E-state index in [-0.39, 0.29) is 17.6 Å². The van der Waals surface area contributed by atoms with Gasteiger partial charge in [-0.15, -0.1) is 0 Å². The van der Waals surface area contributed by atoms with E-state index in [2.05, 4.69) is 17.2 Å². The van der Waals surface area contributed by atoms with Crippen LogP contribution in [0.15, 0.2) is 12.4 Å². The maximum Gasteiger partial charge on any atom is 0.251 e. The molecular weight excluding hydrogens is 192 g/mol. The average molecular weight is 210 g/mol. The molecule has 0 aromatic carbocycles. The minimum atomic E-state index is -0.651. The Morgan fingerprint density at radius 1 is 1.60 bits per heavy atom. The van der Waals surface area contributed by atoms with Crippen molar-refractivity contribution >= 4 is 11.7 Å². The van der Waals surface area contributed by atoms with Crippen LogP contribution in [0.1, 0.15) is 33.6 Å². The Labute approximate surface area is 90.1 Å². The first-order valence-electron chi connectivity index (χ1n) is 5.20. The van der Waals surface area contributed by atoms with E-state index in [1.807, 2.05) is 13.8 Å². The molecule has 15 heavy (non-hydrogen) atoms. The minimum Gasteiger partial charge on any atom is -0.358 e. The Morgan fingerprint density at radius 3 is 2.53 bits per heavy atom. The number of carbonyl (C=O) groups excluding carboxylic acids is 2. The molecule has 2 unspecified atom stereocenters. The lowest BCUT2D eigenvalue weighted by molar-refractivity contribution is -0.126. The summed E-state index contributed by atoms with van der Waals surface area (Å²) >= 11 is 0. The van der Waals surface area contributed by atoms with Gasteiger partial charge >= 0.3 is 0 Å². The lowest BCUT2D eigenvalue weighted by atomic mass is 9.84. The quantitative estimate of drug-likeness (QED) is 0.726. The van der Waals surface area contributed by atoms with Gasteiger partial charge in [0, 0.05) is 5.92 Å². The lowest BCUT2D eigenvalue weighted by Crippen LogP contribution is -2.47. The van der Waals surface area contributed by atoms with Crippen LogP contribution < -0.4 is 10.6 Å². The molecule has 1 fully saturated rings. The third kappa shape index (κ3) is 2.19. The Bertz CT molecular complexity index is 312. The van der Waals surface area contributed by atoms with Crippen LogP contribution in [0.25, 0.3) is 0 Å². The zero-order chi connectivity index (χ0) is 11.6. The molecule has 0 spiro atoms. The van der Waals surface area contributed by atoms with Gasteiger partial charge in [-0.25, -0.2) is 0 Å². The zero-order valence-corrected chi connectivity index (χ0v) is 9.52. The van der Waals surface area contributed by atoms with E-state index in [1.165, 1.54) is 0 Å². The largest absolute Gasteiger partial charge is 0.358 e. The molecule has 2 atom stereocenters. The third-order valence-electron chi connectivity index (χ3n) is 3.04. The van der Waals surface area contributed by atoms with Crippen molar-refractivity contribution in [3.05, 3.63) is 12.4 Å². The van der Waals surface area contributed by atoms with Crippen LogP contribution in [0.3, 0.4) is 0 Å². The number of hydrogen-bond acceptors (Lipinski definition) is 3. The van der Waals surface area contributed by atoms with Crippen LogP contribution >= 0.6 is 0 Å². The molecule has 1 amide bonds. The third-order valence-corrected chi connectivity index (χ3v) is 3.04. The van der Waals surface area contributed by atoms with E-state index in [0.717, 1.165) is 0 Å². The molecule has 84 valence electrons. The van der Waals surface area contributed by atoms with Crippen molar-refractivity contribution in [1.29, 1.82) is 0 Å². The second kappa shape index (κ2) is 4.04. The normalized spacial score (nSPS) is 27.1. The SMILES string of the molecule is C=C1NC(=O)C(CC)(CC(C)C(C)=O)N1. The second-order valence-electron chi connectivity index (χ2n) is 4.21. The highest BCUT2D eigenvalue weighted by Crippen LogP contribution is 2.26. The van der Waals surface area contributed by atoms with E-state index in [1.54, 1.807) is 6.92 Å². The van der Waals surface area contributed by atoms with Gasteiger partial charge in [0.2, 0.25) is 0 Å². The molecule has 4 heteroatoms. The molecule has 0 aromatic heterocycles. The summed E-state index contributed by atoms with van der Waals surface area (Å²) in [6.45, 7) is 8.99. The molecule has 0 aliphatic carbocycles. The highest BCUT2D eigenvalue weighted by atomic mass is 16.2. The van der Waals surface area contributed by atoms with Gasteiger partial charge in [0.1, 0.15) is 11.3 Å². The number of nitrogens with one attached hydrogen (secondary N) is 2. The van der Waals surface area contributed by atoms with E-state index in [9.17, 15) is 9.59 Å². The summed E-state index contributed by atoms with van der Waals surface area (Å²) in [7, 11) is 0. The lowest BCUT2D eigenvalue weighted by Gasteiger charge is -2.27. The number of amides is 1. The molecule has 1 saturated heterocycles. The molecule has 0 radical (unpaired) electrons. The number of rotatable bonds is 4. The smallest absolute Gasteiger partial charge is 0.251 e. The fourth-order valence-electron chi connectivity index (χ4n) is 1.84. The van der Waals surface area contributed by atoms with Crippen molar-refractivity contribution in [2.45, 2.75) is 39.2 Å². The number of ketones is 1. The predicted octanol–water partition coefficient (Wildman–Crippen LogP) is 0.941. The van der Waals surface area contributed by atoms with Gasteiger partial charge in [-0.1, -0.05) is 20.4 Å². The van der Waals surface area contributed by atoms with E-state index >= 15 is 0 Å². The molecule has 0 bridgehead atoms. The minimum absolute atomic E-state index is 0.0805. The van der Waals surface area contributed by atoms with Crippen molar-refractivity contribution in [1.82, 2.24) is 10.6 Å². The number of Topliss-reactive ketones (excluding diaryl/α,β-unsaturated/α-hetero) is 1. The summed E-state index contributed by atoms with van der Waals surface area (Å²) in [5, 5.41) is 5.69. The summed E-state index contributed by atoms with van der Waals surface area (Å²) in [4.78, 5) is 22.9. The molecule has 0 saturated carbocycles. The molecule has 2 N–H and O–H groups in total. The van der Waals surface area contributed by atoms with Crippen molar-refractivity contribution in [2.75, 3.05) is 0 Å². The van der Waals surface area contributed by atoms with Crippen molar-refractivity contribution in [3.63, 3.8) is 0 Å². The molecule has 1 rings (SSSR count). The number of carbonyl (C=O) groups is 2. The van der Waals surface area contributed by atoms with Crippen molar-refractivity contribution < 1.29 is 9.59 Å². The fourth-order valence-corrected chi connectivity index (χ4v) is 1.84. The molecule has 0 aromatic rings. The summed E-state index contributed by atoms with van der Waals surface area (Å²) in [5.74, 6) is 0.435. The van der Waals surface area contributed by atoms with Gasteiger partial charge in [0.25, 0.3) is 5.91 Å². The second-order valence-corrected chi connectivity index (χ2v) is 4.21. The first-order valence-corrected chi connectivity index (χ1v) is 5.20. The molecule has 4 nitrogen and oxygen atoms in total. The van der Waals surface area contributed by atoms with Crippen molar-refractivity contribution in [3.8, 4) is 0 Å². The van der Waals surface area contributed by atoms with Crippen LogP contribution in [0.4, 0.5) is 0 Å². The van der Waals surface area contributed by atoms with Gasteiger partial charge in [-0.3, -0.25) is 9.59 Å². The van der Waals surface area contributed by atoms with Crippen LogP contribution in [-0.2, 0) is 9.59 Å². The van der Waals surface area contributed by atoms with Gasteiger partial charge in [-0.2, -0.15) is 0 Å². The Morgan fingerprint density at radius 2 is 2.20 bits per heavy atom. The highest BCUT2D eigenvalue weighted by molar-refractivity contribution is 5.91. The average Bonchev–Trinajstić information content (AvgIpc) is 2.42. The number of hydrogen-bond donors (Lipinski definition) is 2. The maximum absolute atomic E-state index is 11.8. The summed E-state index contributed by atoms with van der Waals surface area (Å²) < 4.78 is 0. The van der Waals surface area contributed by atoms with Crippen LogP contribution in [-0.4, -0.2) is 17.2 Å². The van der Waals surface area contributed by atoms with Gasteiger partial charge < -0.3 is 10.6 Å². The molecule has 1 aliphatic rings. The summed E-state index contributed by atoms with van der Waals surface area (Å²) in [6.07, 6.45) is 1.17. The zero-order valence-electron chi connectivity index (χ0n) is 9.52. The molecule has 1 heterocycles. The topological polar surface area (TPSA) is 58.2 Å². The standard InChI is InChI=1S/C11H18N2O2/c1-5-11(6-7(2)8(3)14)10(15)12-9(4)13-11/h7,13H,4-6H2,1-3H3,(H,12,15). The van der Waals surface area contributed by atoms with E-state index < -0.39 is 5.54 Å². The van der Waals surface area contributed by atoms with Crippen LogP contribution in [0, 0.1) is 5.92 Å². The van der Waals surface area contributed by atoms with E-state index in [0.29, 0.717) is 18.7 Å². The van der Waals surface area contributed by atoms with Crippen LogP contribution in [0.5, 0.6) is 0 Å². The molecule has 1 aliphatic heterocycles. The maximum atomic E-state index is 11.8. The first kappa shape index (κ1) is 11.8. The Kier molecular flexibility index (Phi) is 3.17. The van der Waals surface area contributed by atoms with Gasteiger partial charge in [0.15, 0.2) is 0 Å².